The van der Waals surface area contributed by atoms with Crippen LogP contribution in [0, 0.1) is 5.82 Å². The number of rotatable bonds is 5. The van der Waals surface area contributed by atoms with Crippen LogP contribution in [0.5, 0.6) is 0 Å². The lowest BCUT2D eigenvalue weighted by atomic mass is 10.1. The number of benzene rings is 1. The predicted octanol–water partition coefficient (Wildman–Crippen LogP) is 2.88. The van der Waals surface area contributed by atoms with E-state index in [0.717, 1.165) is 5.56 Å². The maximum Gasteiger partial charge on any atom is 0.268 e. The average Bonchev–Trinajstić information content (AvgIpc) is 2.63. The molecule has 25 heavy (non-hydrogen) atoms. The molecule has 0 saturated heterocycles. The highest BCUT2D eigenvalue weighted by molar-refractivity contribution is 5.96. The molecule has 0 unspecified atom stereocenters. The van der Waals surface area contributed by atoms with Gasteiger partial charge < -0.3 is 9.88 Å². The number of halogens is 1. The second-order valence-electron chi connectivity index (χ2n) is 5.76. The number of amides is 1. The number of nitrogens with one attached hydrogen (secondary N) is 1. The van der Waals surface area contributed by atoms with Gasteiger partial charge >= 0.3 is 0 Å². The molecule has 6 heteroatoms. The molecule has 0 spiro atoms. The van der Waals surface area contributed by atoms with Gasteiger partial charge in [-0.15, -0.1) is 0 Å². The molecule has 5 nitrogen and oxygen atoms in total. The molecule has 0 aliphatic carbocycles. The van der Waals surface area contributed by atoms with Gasteiger partial charge in [0.15, 0.2) is 0 Å². The van der Waals surface area contributed by atoms with Gasteiger partial charge in [-0.3, -0.25) is 14.6 Å². The van der Waals surface area contributed by atoms with E-state index in [1.807, 2.05) is 13.0 Å². The highest BCUT2D eigenvalue weighted by atomic mass is 19.1. The van der Waals surface area contributed by atoms with E-state index in [-0.39, 0.29) is 22.5 Å². The van der Waals surface area contributed by atoms with E-state index in [2.05, 4.69) is 10.3 Å². The summed E-state index contributed by atoms with van der Waals surface area (Å²) in [5.41, 5.74) is 0.781. The van der Waals surface area contributed by atoms with Crippen molar-refractivity contribution < 1.29 is 9.18 Å². The van der Waals surface area contributed by atoms with E-state index >= 15 is 0 Å². The molecule has 3 aromatic rings. The Bertz CT molecular complexity index is 968. The number of pyridine rings is 2. The van der Waals surface area contributed by atoms with Crippen molar-refractivity contribution in [3.05, 3.63) is 76.2 Å². The van der Waals surface area contributed by atoms with Crippen LogP contribution < -0.4 is 10.9 Å². The number of hydrogen-bond donors (Lipinski definition) is 1. The smallest absolute Gasteiger partial charge is 0.268 e. The number of aromatic nitrogens is 2. The first-order chi connectivity index (χ1) is 12.1. The SMILES string of the molecule is CCCn1c(C(=O)NCc2cccnc2)cc2ccc(F)cc2c1=O. The first kappa shape index (κ1) is 16.8. The van der Waals surface area contributed by atoms with Gasteiger partial charge in [0.05, 0.1) is 5.39 Å². The van der Waals surface area contributed by atoms with Crippen LogP contribution in [0.2, 0.25) is 0 Å². The fraction of sp³-hybridized carbons (Fsp3) is 0.211. The zero-order chi connectivity index (χ0) is 17.8. The van der Waals surface area contributed by atoms with Gasteiger partial charge in [0, 0.05) is 25.5 Å². The highest BCUT2D eigenvalue weighted by Crippen LogP contribution is 2.15. The van der Waals surface area contributed by atoms with Crippen molar-refractivity contribution in [1.82, 2.24) is 14.9 Å². The quantitative estimate of drug-likeness (QED) is 0.777. The molecular formula is C19H18FN3O2. The fourth-order valence-electron chi connectivity index (χ4n) is 2.73. The standard InChI is InChI=1S/C19H18FN3O2/c1-2-8-23-17(18(24)22-12-13-4-3-7-21-11-13)9-14-5-6-15(20)10-16(14)19(23)25/h3-7,9-11H,2,8,12H2,1H3,(H,22,24). The van der Waals surface area contributed by atoms with Crippen LogP contribution in [-0.2, 0) is 13.1 Å². The predicted molar refractivity (Wildman–Crippen MR) is 93.9 cm³/mol. The lowest BCUT2D eigenvalue weighted by Gasteiger charge is -2.14. The summed E-state index contributed by atoms with van der Waals surface area (Å²) in [4.78, 5) is 29.3. The maximum absolute atomic E-state index is 13.5. The second kappa shape index (κ2) is 7.25. The minimum atomic E-state index is -0.471. The summed E-state index contributed by atoms with van der Waals surface area (Å²) in [6, 6.07) is 9.28. The lowest BCUT2D eigenvalue weighted by molar-refractivity contribution is 0.0940. The van der Waals surface area contributed by atoms with Gasteiger partial charge in [-0.05, 0) is 41.6 Å². The molecule has 1 aromatic carbocycles. The topological polar surface area (TPSA) is 64.0 Å². The van der Waals surface area contributed by atoms with Gasteiger partial charge in [0.25, 0.3) is 11.5 Å². The van der Waals surface area contributed by atoms with E-state index < -0.39 is 5.82 Å². The summed E-state index contributed by atoms with van der Waals surface area (Å²) < 4.78 is 14.9. The summed E-state index contributed by atoms with van der Waals surface area (Å²) in [7, 11) is 0. The third kappa shape index (κ3) is 3.57. The molecule has 3 rings (SSSR count). The van der Waals surface area contributed by atoms with Crippen molar-refractivity contribution in [2.45, 2.75) is 26.4 Å². The zero-order valence-electron chi connectivity index (χ0n) is 13.8. The molecule has 0 aliphatic heterocycles. The average molecular weight is 339 g/mol. The van der Waals surface area contributed by atoms with Crippen molar-refractivity contribution in [2.75, 3.05) is 0 Å². The first-order valence-corrected chi connectivity index (χ1v) is 8.10. The molecule has 0 atom stereocenters. The maximum atomic E-state index is 13.5. The molecule has 0 fully saturated rings. The molecule has 0 aliphatic rings. The van der Waals surface area contributed by atoms with Crippen molar-refractivity contribution in [3.8, 4) is 0 Å². The molecular weight excluding hydrogens is 321 g/mol. The molecule has 1 N–H and O–H groups in total. The molecule has 0 saturated carbocycles. The van der Waals surface area contributed by atoms with Crippen LogP contribution in [0.15, 0.2) is 53.6 Å². The van der Waals surface area contributed by atoms with Gasteiger partial charge in [-0.25, -0.2) is 4.39 Å². The summed E-state index contributed by atoms with van der Waals surface area (Å²) in [5, 5.41) is 3.63. The molecule has 1 amide bonds. The fourth-order valence-corrected chi connectivity index (χ4v) is 2.73. The van der Waals surface area contributed by atoms with Crippen LogP contribution in [0.3, 0.4) is 0 Å². The van der Waals surface area contributed by atoms with E-state index in [1.54, 1.807) is 24.5 Å². The molecule has 2 aromatic heterocycles. The Kier molecular flexibility index (Phi) is 4.88. The van der Waals surface area contributed by atoms with Gasteiger partial charge in [0.1, 0.15) is 11.5 Å². The van der Waals surface area contributed by atoms with Crippen LogP contribution >= 0.6 is 0 Å². The second-order valence-corrected chi connectivity index (χ2v) is 5.76. The highest BCUT2D eigenvalue weighted by Gasteiger charge is 2.15. The van der Waals surface area contributed by atoms with Crippen molar-refractivity contribution in [1.29, 1.82) is 0 Å². The normalized spacial score (nSPS) is 10.8. The number of fused-ring (bicyclic) bond motifs is 1. The lowest BCUT2D eigenvalue weighted by Crippen LogP contribution is -2.32. The van der Waals surface area contributed by atoms with E-state index in [4.69, 9.17) is 0 Å². The zero-order valence-corrected chi connectivity index (χ0v) is 13.8. The molecule has 0 radical (unpaired) electrons. The number of carbonyl (C=O) groups excluding carboxylic acids is 1. The summed E-state index contributed by atoms with van der Waals surface area (Å²) in [6.45, 7) is 2.62. The molecule has 0 bridgehead atoms. The van der Waals surface area contributed by atoms with Gasteiger partial charge in [0.2, 0.25) is 0 Å². The minimum Gasteiger partial charge on any atom is -0.347 e. The van der Waals surface area contributed by atoms with E-state index in [1.165, 1.54) is 22.8 Å². The van der Waals surface area contributed by atoms with Crippen LogP contribution in [0.4, 0.5) is 4.39 Å². The Hall–Kier alpha value is -3.02. The third-order valence-corrected chi connectivity index (χ3v) is 3.93. The monoisotopic (exact) mass is 339 g/mol. The van der Waals surface area contributed by atoms with Crippen LogP contribution in [0.1, 0.15) is 29.4 Å². The third-order valence-electron chi connectivity index (χ3n) is 3.93. The minimum absolute atomic E-state index is 0.273. The summed E-state index contributed by atoms with van der Waals surface area (Å²) >= 11 is 0. The van der Waals surface area contributed by atoms with E-state index in [0.29, 0.717) is 24.9 Å². The Morgan fingerprint density at radius 3 is 2.84 bits per heavy atom. The van der Waals surface area contributed by atoms with Crippen molar-refractivity contribution in [3.63, 3.8) is 0 Å². The Morgan fingerprint density at radius 2 is 2.12 bits per heavy atom. The number of carbonyl (C=O) groups is 1. The Morgan fingerprint density at radius 1 is 1.28 bits per heavy atom. The molecule has 128 valence electrons. The Labute approximate surface area is 144 Å². The number of nitrogens with zero attached hydrogens (tertiary/aromatic N) is 2. The van der Waals surface area contributed by atoms with Crippen LogP contribution in [0.25, 0.3) is 10.8 Å². The summed E-state index contributed by atoms with van der Waals surface area (Å²) in [6.07, 6.45) is 4.01. The Balaban J connectivity index is 1.98. The van der Waals surface area contributed by atoms with Crippen LogP contribution in [-0.4, -0.2) is 15.5 Å². The number of hydrogen-bond acceptors (Lipinski definition) is 3. The summed E-state index contributed by atoms with van der Waals surface area (Å²) in [5.74, 6) is -0.818. The van der Waals surface area contributed by atoms with Gasteiger partial charge in [-0.2, -0.15) is 0 Å². The molecule has 2 heterocycles. The largest absolute Gasteiger partial charge is 0.347 e. The van der Waals surface area contributed by atoms with Crippen molar-refractivity contribution in [2.24, 2.45) is 0 Å². The van der Waals surface area contributed by atoms with Crippen molar-refractivity contribution >= 4 is 16.7 Å². The van der Waals surface area contributed by atoms with E-state index in [9.17, 15) is 14.0 Å². The van der Waals surface area contributed by atoms with Gasteiger partial charge in [-0.1, -0.05) is 19.1 Å². The first-order valence-electron chi connectivity index (χ1n) is 8.10.